The van der Waals surface area contributed by atoms with E-state index in [0.717, 1.165) is 30.7 Å². The van der Waals surface area contributed by atoms with Crippen LogP contribution in [-0.2, 0) is 4.79 Å². The van der Waals surface area contributed by atoms with Crippen molar-refractivity contribution >= 4 is 11.6 Å². The molecule has 1 amide bonds. The summed E-state index contributed by atoms with van der Waals surface area (Å²) in [5.74, 6) is 2.59. The zero-order chi connectivity index (χ0) is 21.5. The van der Waals surface area contributed by atoms with Crippen LogP contribution in [0.25, 0.3) is 0 Å². The smallest absolute Gasteiger partial charge is 0.230 e. The molecule has 0 bridgehead atoms. The largest absolute Gasteiger partial charge is 0.497 e. The molecule has 0 aromatic heterocycles. The maximum atomic E-state index is 13.6. The fourth-order valence-electron chi connectivity index (χ4n) is 6.56. The Morgan fingerprint density at radius 1 is 1.17 bits per heavy atom. The summed E-state index contributed by atoms with van der Waals surface area (Å²) in [7, 11) is 1.66. The van der Waals surface area contributed by atoms with E-state index in [0.29, 0.717) is 17.8 Å². The summed E-state index contributed by atoms with van der Waals surface area (Å²) in [6.07, 6.45) is 11.7. The van der Waals surface area contributed by atoms with E-state index in [1.165, 1.54) is 19.3 Å². The number of rotatable bonds is 4. The molecule has 1 fully saturated rings. The molecule has 1 aromatic carbocycles. The molecule has 30 heavy (non-hydrogen) atoms. The second-order valence-electron chi connectivity index (χ2n) is 10.4. The highest BCUT2D eigenvalue weighted by Crippen LogP contribution is 2.62. The fraction of sp³-hybridized carbons (Fsp3) is 0.593. The minimum Gasteiger partial charge on any atom is -0.497 e. The number of carbonyl (C=O) groups excluding carboxylic acids is 1. The number of hydrogen-bond donors (Lipinski definition) is 1. The third-order valence-electron chi connectivity index (χ3n) is 8.45. The van der Waals surface area contributed by atoms with Gasteiger partial charge in [0.1, 0.15) is 5.75 Å². The van der Waals surface area contributed by atoms with E-state index in [2.05, 4.69) is 45.2 Å². The van der Waals surface area contributed by atoms with E-state index >= 15 is 0 Å². The van der Waals surface area contributed by atoms with Gasteiger partial charge in [0.05, 0.1) is 12.5 Å². The molecule has 3 nitrogen and oxygen atoms in total. The predicted molar refractivity (Wildman–Crippen MR) is 124 cm³/mol. The van der Waals surface area contributed by atoms with Gasteiger partial charge in [0.25, 0.3) is 0 Å². The van der Waals surface area contributed by atoms with E-state index < -0.39 is 0 Å². The SMILES string of the molecule is COc1ccc(NC(=O)[C@]2(C)CCC[C@@]3(C)C2CC=C2C=C(C(C)C)CC[C@@H]23)cc1. The number of amides is 1. The first-order valence-corrected chi connectivity index (χ1v) is 11.6. The molecule has 0 saturated heterocycles. The third-order valence-corrected chi connectivity index (χ3v) is 8.45. The van der Waals surface area contributed by atoms with Gasteiger partial charge in [-0.1, -0.05) is 51.8 Å². The molecule has 1 unspecified atom stereocenters. The number of allylic oxidation sites excluding steroid dienone is 4. The van der Waals surface area contributed by atoms with Gasteiger partial charge in [-0.2, -0.15) is 0 Å². The van der Waals surface area contributed by atoms with Gasteiger partial charge >= 0.3 is 0 Å². The topological polar surface area (TPSA) is 38.3 Å². The van der Waals surface area contributed by atoms with Gasteiger partial charge in [0.2, 0.25) is 5.91 Å². The molecule has 0 radical (unpaired) electrons. The first-order valence-electron chi connectivity index (χ1n) is 11.6. The molecule has 1 aromatic rings. The Morgan fingerprint density at radius 3 is 2.57 bits per heavy atom. The Morgan fingerprint density at radius 2 is 1.90 bits per heavy atom. The normalized spacial score (nSPS) is 33.1. The molecule has 162 valence electrons. The second-order valence-corrected chi connectivity index (χ2v) is 10.4. The minimum atomic E-state index is -0.336. The van der Waals surface area contributed by atoms with Crippen molar-refractivity contribution in [1.82, 2.24) is 0 Å². The van der Waals surface area contributed by atoms with Gasteiger partial charge in [-0.25, -0.2) is 0 Å². The number of nitrogens with one attached hydrogen (secondary N) is 1. The average Bonchev–Trinajstić information content (AvgIpc) is 2.73. The Kier molecular flexibility index (Phi) is 5.59. The van der Waals surface area contributed by atoms with Crippen LogP contribution in [0.5, 0.6) is 5.75 Å². The summed E-state index contributed by atoms with van der Waals surface area (Å²) >= 11 is 0. The number of carbonyl (C=O) groups is 1. The lowest BCUT2D eigenvalue weighted by Crippen LogP contribution is -2.54. The van der Waals surface area contributed by atoms with E-state index in [4.69, 9.17) is 4.74 Å². The van der Waals surface area contributed by atoms with Gasteiger partial charge in [-0.3, -0.25) is 4.79 Å². The molecule has 3 aliphatic carbocycles. The van der Waals surface area contributed by atoms with Gasteiger partial charge in [0, 0.05) is 5.69 Å². The molecule has 4 rings (SSSR count). The Labute approximate surface area is 182 Å². The Bertz CT molecular complexity index is 865. The molecule has 1 saturated carbocycles. The molecule has 3 heteroatoms. The van der Waals surface area contributed by atoms with Crippen LogP contribution < -0.4 is 10.1 Å². The summed E-state index contributed by atoms with van der Waals surface area (Å²) < 4.78 is 5.24. The van der Waals surface area contributed by atoms with Gasteiger partial charge in [-0.15, -0.1) is 0 Å². The number of fused-ring (bicyclic) bond motifs is 3. The highest BCUT2D eigenvalue weighted by atomic mass is 16.5. The standard InChI is InChI=1S/C27H37NO2/c1-18(2)19-7-13-23-20(17-19)8-14-24-26(23,3)15-6-16-27(24,4)25(29)28-21-9-11-22(30-5)12-10-21/h8-12,17-18,23-24H,6-7,13-16H2,1-5H3,(H,28,29)/t23-,24?,26+,27+/m0/s1. The molecule has 0 heterocycles. The van der Waals surface area contributed by atoms with E-state index in [1.54, 1.807) is 18.3 Å². The van der Waals surface area contributed by atoms with Crippen LogP contribution >= 0.6 is 0 Å². The van der Waals surface area contributed by atoms with Crippen molar-refractivity contribution in [2.24, 2.45) is 28.6 Å². The first kappa shape index (κ1) is 21.2. The van der Waals surface area contributed by atoms with Crippen molar-refractivity contribution in [3.63, 3.8) is 0 Å². The molecule has 0 aliphatic heterocycles. The number of hydrogen-bond acceptors (Lipinski definition) is 2. The van der Waals surface area contributed by atoms with Crippen molar-refractivity contribution in [2.75, 3.05) is 12.4 Å². The molecular weight excluding hydrogens is 370 g/mol. The fourth-order valence-corrected chi connectivity index (χ4v) is 6.56. The summed E-state index contributed by atoms with van der Waals surface area (Å²) in [6.45, 7) is 9.30. The van der Waals surface area contributed by atoms with Gasteiger partial charge < -0.3 is 10.1 Å². The van der Waals surface area contributed by atoms with Crippen molar-refractivity contribution in [2.45, 2.75) is 66.2 Å². The van der Waals surface area contributed by atoms with Crippen LogP contribution in [0.2, 0.25) is 0 Å². The highest BCUT2D eigenvalue weighted by molar-refractivity contribution is 5.95. The van der Waals surface area contributed by atoms with Gasteiger partial charge in [-0.05, 0) is 85.1 Å². The quantitative estimate of drug-likeness (QED) is 0.598. The predicted octanol–water partition coefficient (Wildman–Crippen LogP) is 6.77. The van der Waals surface area contributed by atoms with E-state index in [9.17, 15) is 4.79 Å². The van der Waals surface area contributed by atoms with Crippen molar-refractivity contribution in [1.29, 1.82) is 0 Å². The van der Waals surface area contributed by atoms with Crippen molar-refractivity contribution < 1.29 is 9.53 Å². The Balaban J connectivity index is 1.60. The zero-order valence-electron chi connectivity index (χ0n) is 19.3. The molecule has 4 atom stereocenters. The van der Waals surface area contributed by atoms with Crippen LogP contribution in [-0.4, -0.2) is 13.0 Å². The highest BCUT2D eigenvalue weighted by Gasteiger charge is 2.56. The lowest BCUT2D eigenvalue weighted by molar-refractivity contribution is -0.138. The molecule has 0 spiro atoms. The summed E-state index contributed by atoms with van der Waals surface area (Å²) in [4.78, 5) is 13.6. The lowest BCUT2D eigenvalue weighted by Gasteiger charge is -2.57. The van der Waals surface area contributed by atoms with Crippen molar-refractivity contribution in [3.05, 3.63) is 47.6 Å². The minimum absolute atomic E-state index is 0.176. The van der Waals surface area contributed by atoms with E-state index in [-0.39, 0.29) is 16.7 Å². The van der Waals surface area contributed by atoms with Crippen LogP contribution in [0.4, 0.5) is 5.69 Å². The zero-order valence-corrected chi connectivity index (χ0v) is 19.3. The maximum absolute atomic E-state index is 13.6. The van der Waals surface area contributed by atoms with Crippen LogP contribution in [0.3, 0.4) is 0 Å². The second kappa shape index (κ2) is 7.90. The summed E-state index contributed by atoms with van der Waals surface area (Å²) in [5, 5.41) is 3.22. The maximum Gasteiger partial charge on any atom is 0.230 e. The van der Waals surface area contributed by atoms with Crippen molar-refractivity contribution in [3.8, 4) is 5.75 Å². The number of anilines is 1. The van der Waals surface area contributed by atoms with Gasteiger partial charge in [0.15, 0.2) is 0 Å². The number of benzene rings is 1. The number of methoxy groups -OCH3 is 1. The van der Waals surface area contributed by atoms with Crippen LogP contribution in [0, 0.1) is 28.6 Å². The molecule has 3 aliphatic rings. The van der Waals surface area contributed by atoms with Crippen LogP contribution in [0.15, 0.2) is 47.6 Å². The van der Waals surface area contributed by atoms with Crippen LogP contribution in [0.1, 0.15) is 66.2 Å². The Hall–Kier alpha value is -2.03. The average molecular weight is 408 g/mol. The number of ether oxygens (including phenoxy) is 1. The van der Waals surface area contributed by atoms with E-state index in [1.807, 2.05) is 24.3 Å². The molecule has 1 N–H and O–H groups in total. The monoisotopic (exact) mass is 407 g/mol. The summed E-state index contributed by atoms with van der Waals surface area (Å²) in [6, 6.07) is 7.67. The summed E-state index contributed by atoms with van der Waals surface area (Å²) in [5.41, 5.74) is 3.85. The lowest BCUT2D eigenvalue weighted by atomic mass is 9.46. The third kappa shape index (κ3) is 3.50. The molecular formula is C27H37NO2. The first-order chi connectivity index (χ1) is 14.3.